The van der Waals surface area contributed by atoms with Crippen LogP contribution >= 0.6 is 22.6 Å². The number of tetrazole rings is 1. The van der Waals surface area contributed by atoms with Crippen LogP contribution in [-0.4, -0.2) is 98.2 Å². The molecule has 4 N–H and O–H groups in total. The molecule has 0 saturated heterocycles. The summed E-state index contributed by atoms with van der Waals surface area (Å²) in [5, 5.41) is 33.9. The van der Waals surface area contributed by atoms with E-state index in [0.29, 0.717) is 31.9 Å². The van der Waals surface area contributed by atoms with Crippen molar-refractivity contribution in [1.29, 1.82) is 0 Å². The van der Waals surface area contributed by atoms with Gasteiger partial charge in [-0.15, -0.1) is 10.2 Å². The first-order valence-electron chi connectivity index (χ1n) is 16.4. The van der Waals surface area contributed by atoms with E-state index in [0.717, 1.165) is 15.9 Å². The van der Waals surface area contributed by atoms with Crippen LogP contribution in [0.2, 0.25) is 0 Å². The molecule has 0 aliphatic heterocycles. The summed E-state index contributed by atoms with van der Waals surface area (Å²) in [5.41, 5.74) is 1.78. The number of aliphatic hydroxyl groups excluding tert-OH is 1. The highest BCUT2D eigenvalue weighted by Gasteiger charge is 2.38. The number of hydrogen-bond acceptors (Lipinski definition) is 12. The van der Waals surface area contributed by atoms with Crippen molar-refractivity contribution in [2.45, 2.75) is 35.5 Å². The zero-order valence-corrected chi connectivity index (χ0v) is 33.6. The molecule has 0 spiro atoms. The van der Waals surface area contributed by atoms with Gasteiger partial charge in [-0.3, -0.25) is 0 Å². The molecule has 0 fully saturated rings. The molecule has 17 nitrogen and oxygen atoms in total. The molecule has 0 aliphatic rings. The van der Waals surface area contributed by atoms with Crippen molar-refractivity contribution >= 4 is 48.7 Å². The van der Waals surface area contributed by atoms with E-state index in [1.165, 1.54) is 25.1 Å². The van der Waals surface area contributed by atoms with Crippen LogP contribution in [0.5, 0.6) is 17.2 Å². The van der Waals surface area contributed by atoms with Crippen molar-refractivity contribution in [3.8, 4) is 28.6 Å². The molecule has 1 amide bonds. The minimum atomic E-state index is -4.83. The molecule has 0 bridgehead atoms. The summed E-state index contributed by atoms with van der Waals surface area (Å²) >= 11 is 1.88. The Morgan fingerprint density at radius 3 is 1.80 bits per heavy atom. The zero-order chi connectivity index (χ0) is 39.8. The minimum absolute atomic E-state index is 0.136. The number of carboxylic acid groups (broad SMARTS) is 1. The number of carbonyl (C=O) groups is 1. The standard InChI is InChI=1S/C35H38IN7O10S2/c1-51-27-10-4-23(5-11-27)19-42(20-24-6-12-28(52-2)13-7-24)55(49,50)33-31(54(47,48)40-26(22-44)18-37-35(45)46)17-16-30(36)32(33)34-38-41-43(39-34)21-25-8-14-29(53-3)15-9-25/h4-17,26,37,40,44H,18-22H2,1-3H3,(H,45,46)/t26-/m0/s1. The lowest BCUT2D eigenvalue weighted by Crippen LogP contribution is -2.46. The number of amides is 1. The van der Waals surface area contributed by atoms with Crippen molar-refractivity contribution in [1.82, 2.24) is 34.6 Å². The third-order valence-electron chi connectivity index (χ3n) is 8.20. The lowest BCUT2D eigenvalue weighted by molar-refractivity contribution is 0.190. The van der Waals surface area contributed by atoms with Crippen LogP contribution in [0, 0.1) is 3.57 Å². The van der Waals surface area contributed by atoms with Crippen LogP contribution in [0.25, 0.3) is 11.4 Å². The molecule has 4 aromatic carbocycles. The smallest absolute Gasteiger partial charge is 0.404 e. The molecule has 0 radical (unpaired) electrons. The number of nitrogens with one attached hydrogen (secondary N) is 2. The number of sulfonamides is 2. The molecule has 1 aromatic heterocycles. The average molecular weight is 908 g/mol. The summed E-state index contributed by atoms with van der Waals surface area (Å²) in [6, 6.07) is 21.8. The molecule has 0 unspecified atom stereocenters. The van der Waals surface area contributed by atoms with Crippen LogP contribution in [0.1, 0.15) is 16.7 Å². The van der Waals surface area contributed by atoms with E-state index in [1.807, 2.05) is 27.9 Å². The number of methoxy groups -OCH3 is 3. The van der Waals surface area contributed by atoms with Crippen LogP contribution < -0.4 is 24.2 Å². The Morgan fingerprint density at radius 2 is 1.33 bits per heavy atom. The van der Waals surface area contributed by atoms with Crippen LogP contribution in [0.15, 0.2) is 94.7 Å². The van der Waals surface area contributed by atoms with Gasteiger partial charge < -0.3 is 29.7 Å². The molecular weight excluding hydrogens is 869 g/mol. The average Bonchev–Trinajstić information content (AvgIpc) is 3.64. The first-order chi connectivity index (χ1) is 26.3. The predicted molar refractivity (Wildman–Crippen MR) is 208 cm³/mol. The van der Waals surface area contributed by atoms with Crippen molar-refractivity contribution < 1.29 is 46.1 Å². The van der Waals surface area contributed by atoms with Gasteiger partial charge in [-0.25, -0.2) is 26.4 Å². The predicted octanol–water partition coefficient (Wildman–Crippen LogP) is 3.32. The highest BCUT2D eigenvalue weighted by Crippen LogP contribution is 2.38. The molecule has 1 atom stereocenters. The lowest BCUT2D eigenvalue weighted by atomic mass is 10.2. The normalized spacial score (nSPS) is 12.3. The SMILES string of the molecule is COc1ccc(CN(Cc2ccc(OC)cc2)S(=O)(=O)c2c(S(=O)(=O)N[C@H](CO)CNC(=O)O)ccc(I)c2-c2nnn(Cc3ccc(OC)cc3)n2)cc1. The Labute approximate surface area is 331 Å². The van der Waals surface area contributed by atoms with Crippen molar-refractivity contribution in [2.75, 3.05) is 34.5 Å². The van der Waals surface area contributed by atoms with Gasteiger partial charge in [0.05, 0.1) is 46.1 Å². The van der Waals surface area contributed by atoms with Crippen molar-refractivity contribution in [2.24, 2.45) is 0 Å². The number of aliphatic hydroxyl groups is 1. The zero-order valence-electron chi connectivity index (χ0n) is 29.8. The summed E-state index contributed by atoms with van der Waals surface area (Å²) in [7, 11) is -5.08. The largest absolute Gasteiger partial charge is 0.497 e. The second-order valence-electron chi connectivity index (χ2n) is 11.9. The Bertz CT molecular complexity index is 2260. The summed E-state index contributed by atoms with van der Waals surface area (Å²) in [4.78, 5) is 11.1. The maximum Gasteiger partial charge on any atom is 0.404 e. The monoisotopic (exact) mass is 907 g/mol. The number of hydrogen-bond donors (Lipinski definition) is 4. The third-order valence-corrected chi connectivity index (χ3v) is 12.7. The van der Waals surface area contributed by atoms with Crippen LogP contribution in [0.4, 0.5) is 4.79 Å². The Hall–Kier alpha value is -4.87. The molecule has 55 heavy (non-hydrogen) atoms. The molecule has 0 aliphatic carbocycles. The van der Waals surface area contributed by atoms with Gasteiger partial charge in [0, 0.05) is 23.2 Å². The molecule has 5 aromatic rings. The van der Waals surface area contributed by atoms with Gasteiger partial charge in [-0.1, -0.05) is 36.4 Å². The van der Waals surface area contributed by atoms with E-state index in [4.69, 9.17) is 19.3 Å². The van der Waals surface area contributed by atoms with Gasteiger partial charge in [-0.05, 0) is 93.0 Å². The quantitative estimate of drug-likeness (QED) is 0.0928. The molecule has 20 heteroatoms. The van der Waals surface area contributed by atoms with E-state index in [1.54, 1.807) is 79.9 Å². The van der Waals surface area contributed by atoms with Gasteiger partial charge in [0.15, 0.2) is 0 Å². The van der Waals surface area contributed by atoms with E-state index in [9.17, 15) is 18.3 Å². The number of ether oxygens (including phenoxy) is 3. The first-order valence-corrected chi connectivity index (χ1v) is 20.4. The summed E-state index contributed by atoms with van der Waals surface area (Å²) in [6.45, 7) is -1.57. The number of benzene rings is 4. The number of aromatic nitrogens is 4. The topological polar surface area (TPSA) is 224 Å². The molecule has 5 rings (SSSR count). The fourth-order valence-corrected chi connectivity index (χ4v) is 9.89. The summed E-state index contributed by atoms with van der Waals surface area (Å²) < 4.78 is 78.4. The second-order valence-corrected chi connectivity index (χ2v) is 16.6. The highest BCUT2D eigenvalue weighted by atomic mass is 127. The Kier molecular flexibility index (Phi) is 13.6. The first kappa shape index (κ1) is 41.3. The van der Waals surface area contributed by atoms with Gasteiger partial charge in [-0.2, -0.15) is 9.10 Å². The maximum atomic E-state index is 15.3. The van der Waals surface area contributed by atoms with Crippen molar-refractivity contribution in [3.63, 3.8) is 0 Å². The van der Waals surface area contributed by atoms with E-state index in [-0.39, 0.29) is 31.0 Å². The molecule has 1 heterocycles. The third kappa shape index (κ3) is 10.3. The summed E-state index contributed by atoms with van der Waals surface area (Å²) in [5.74, 6) is 1.57. The van der Waals surface area contributed by atoms with E-state index < -0.39 is 55.1 Å². The fourth-order valence-electron chi connectivity index (χ4n) is 5.38. The number of halogens is 1. The minimum Gasteiger partial charge on any atom is -0.497 e. The van der Waals surface area contributed by atoms with Crippen molar-refractivity contribution in [3.05, 3.63) is 105 Å². The van der Waals surface area contributed by atoms with Gasteiger partial charge >= 0.3 is 6.09 Å². The van der Waals surface area contributed by atoms with E-state index in [2.05, 4.69) is 20.1 Å². The Balaban J connectivity index is 1.69. The Morgan fingerprint density at radius 1 is 0.818 bits per heavy atom. The number of rotatable bonds is 18. The fraction of sp³-hybridized carbons (Fsp3) is 0.257. The number of nitrogens with zero attached hydrogens (tertiary/aromatic N) is 5. The molecule has 0 saturated carbocycles. The van der Waals surface area contributed by atoms with Crippen LogP contribution in [0.3, 0.4) is 0 Å². The lowest BCUT2D eigenvalue weighted by Gasteiger charge is -2.26. The second kappa shape index (κ2) is 18.2. The van der Waals surface area contributed by atoms with Gasteiger partial charge in [0.2, 0.25) is 25.9 Å². The van der Waals surface area contributed by atoms with E-state index >= 15 is 8.42 Å². The molecular formula is C35H38IN7O10S2. The van der Waals surface area contributed by atoms with Crippen LogP contribution in [-0.2, 0) is 39.7 Å². The van der Waals surface area contributed by atoms with Gasteiger partial charge in [0.1, 0.15) is 27.0 Å². The summed E-state index contributed by atoms with van der Waals surface area (Å²) in [6.07, 6.45) is -1.45. The maximum absolute atomic E-state index is 15.3. The van der Waals surface area contributed by atoms with Gasteiger partial charge in [0.25, 0.3) is 0 Å². The highest BCUT2D eigenvalue weighted by molar-refractivity contribution is 14.1. The molecule has 292 valence electrons.